The Balaban J connectivity index is 2.89. The van der Waals surface area contributed by atoms with Crippen molar-refractivity contribution in [3.63, 3.8) is 0 Å². The maximum atomic E-state index is 14.2. The minimum atomic E-state index is -3.16. The van der Waals surface area contributed by atoms with Crippen molar-refractivity contribution in [1.29, 1.82) is 0 Å². The van der Waals surface area contributed by atoms with Crippen molar-refractivity contribution in [2.45, 2.75) is 178 Å². The van der Waals surface area contributed by atoms with E-state index in [0.717, 1.165) is 83.5 Å². The quantitative estimate of drug-likeness (QED) is 0.0233. The number of unbranched alkanes of at least 4 members (excludes halogenated alkanes) is 9. The van der Waals surface area contributed by atoms with Crippen LogP contribution in [0.2, 0.25) is 0 Å². The lowest BCUT2D eigenvalue weighted by Crippen LogP contribution is -2.71. The summed E-state index contributed by atoms with van der Waals surface area (Å²) in [6.45, 7) is 2.16. The van der Waals surface area contributed by atoms with Crippen LogP contribution < -0.4 is 0 Å². The number of rotatable bonds is 32. The van der Waals surface area contributed by atoms with E-state index < -0.39 is 72.6 Å². The summed E-state index contributed by atoms with van der Waals surface area (Å²) in [5.74, 6) is -7.27. The van der Waals surface area contributed by atoms with Crippen LogP contribution in [-0.4, -0.2) is 108 Å². The second-order valence-corrected chi connectivity index (χ2v) is 14.7. The summed E-state index contributed by atoms with van der Waals surface area (Å²) < 4.78 is 5.48. The third kappa shape index (κ3) is 17.9. The number of ether oxygens (including phenoxy) is 1. The largest absolute Gasteiger partial charge is 0.394 e. The fourth-order valence-electron chi connectivity index (χ4n) is 6.76. The molecule has 1 aliphatic rings. The molecule has 8 atom stereocenters. The zero-order valence-electron chi connectivity index (χ0n) is 34.0. The lowest BCUT2D eigenvalue weighted by Gasteiger charge is -2.49. The predicted molar refractivity (Wildman–Crippen MR) is 220 cm³/mol. The van der Waals surface area contributed by atoms with Crippen molar-refractivity contribution < 1.29 is 55.2 Å². The van der Waals surface area contributed by atoms with Crippen LogP contribution in [0.5, 0.6) is 0 Å². The normalized spacial score (nSPS) is 24.4. The highest BCUT2D eigenvalue weighted by atomic mass is 16.7. The summed E-state index contributed by atoms with van der Waals surface area (Å²) in [5, 5.41) is 85.6. The minimum Gasteiger partial charge on any atom is -0.394 e. The molecule has 0 aromatic heterocycles. The van der Waals surface area contributed by atoms with Gasteiger partial charge in [0.15, 0.2) is 11.6 Å². The average molecular weight is 791 g/mol. The van der Waals surface area contributed by atoms with Gasteiger partial charge in [-0.25, -0.2) is 0 Å². The Bertz CT molecular complexity index is 1240. The van der Waals surface area contributed by atoms with Crippen LogP contribution in [0.15, 0.2) is 72.9 Å². The number of hydrogen-bond donors (Lipinski definition) is 8. The van der Waals surface area contributed by atoms with E-state index in [-0.39, 0.29) is 19.3 Å². The number of aliphatic hydroxyl groups excluding tert-OH is 6. The maximum Gasteiger partial charge on any atom is 0.210 e. The van der Waals surface area contributed by atoms with Crippen molar-refractivity contribution >= 4 is 11.6 Å². The zero-order chi connectivity index (χ0) is 41.7. The minimum absolute atomic E-state index is 0.241. The molecule has 11 nitrogen and oxygen atoms in total. The Morgan fingerprint density at radius 1 is 0.661 bits per heavy atom. The highest BCUT2D eigenvalue weighted by molar-refractivity contribution is 6.12. The van der Waals surface area contributed by atoms with Gasteiger partial charge in [-0.1, -0.05) is 125 Å². The first-order chi connectivity index (χ1) is 27.0. The molecular formula is C45H74O11. The van der Waals surface area contributed by atoms with Gasteiger partial charge in [0.05, 0.1) is 19.1 Å². The van der Waals surface area contributed by atoms with Gasteiger partial charge in [0, 0.05) is 6.42 Å². The second-order valence-electron chi connectivity index (χ2n) is 14.7. The van der Waals surface area contributed by atoms with E-state index in [0.29, 0.717) is 19.3 Å². The van der Waals surface area contributed by atoms with Crippen molar-refractivity contribution in [1.82, 2.24) is 0 Å². The summed E-state index contributed by atoms with van der Waals surface area (Å²) in [6.07, 6.45) is 28.2. The van der Waals surface area contributed by atoms with Gasteiger partial charge in [0.25, 0.3) is 0 Å². The zero-order valence-corrected chi connectivity index (χ0v) is 34.0. The number of carbonyl (C=O) groups excluding carboxylic acids is 2. The average Bonchev–Trinajstić information content (AvgIpc) is 3.20. The van der Waals surface area contributed by atoms with Crippen molar-refractivity contribution in [2.75, 3.05) is 13.2 Å². The number of ketones is 2. The molecule has 0 saturated carbocycles. The highest BCUT2D eigenvalue weighted by Crippen LogP contribution is 2.40. The fraction of sp³-hybridized carbons (Fsp3) is 0.689. The number of hydrogen-bond acceptors (Lipinski definition) is 11. The third-order valence-electron chi connectivity index (χ3n) is 10.2. The summed E-state index contributed by atoms with van der Waals surface area (Å²) in [4.78, 5) is 27.8. The Hall–Kier alpha value is -2.58. The number of aliphatic hydroxyl groups is 8. The molecular weight excluding hydrogens is 716 g/mol. The van der Waals surface area contributed by atoms with Gasteiger partial charge in [0.2, 0.25) is 11.4 Å². The van der Waals surface area contributed by atoms with E-state index in [1.807, 2.05) is 0 Å². The first-order valence-electron chi connectivity index (χ1n) is 21.0. The van der Waals surface area contributed by atoms with Crippen LogP contribution in [0.3, 0.4) is 0 Å². The molecule has 11 heteroatoms. The Labute approximate surface area is 335 Å². The van der Waals surface area contributed by atoms with E-state index in [1.54, 1.807) is 0 Å². The lowest BCUT2D eigenvalue weighted by molar-refractivity contribution is -0.364. The van der Waals surface area contributed by atoms with Gasteiger partial charge < -0.3 is 45.6 Å². The smallest absolute Gasteiger partial charge is 0.210 e. The molecule has 1 heterocycles. The molecule has 0 amide bonds. The first kappa shape index (κ1) is 51.4. The Morgan fingerprint density at radius 3 is 1.59 bits per heavy atom. The second kappa shape index (κ2) is 30.5. The summed E-state index contributed by atoms with van der Waals surface area (Å²) >= 11 is 0. The first-order valence-corrected chi connectivity index (χ1v) is 21.0. The fourth-order valence-corrected chi connectivity index (χ4v) is 6.76. The predicted octanol–water partition coefficient (Wildman–Crippen LogP) is 5.78. The molecule has 1 aliphatic heterocycles. The molecule has 0 aromatic carbocycles. The van der Waals surface area contributed by atoms with E-state index in [2.05, 4.69) is 86.8 Å². The molecule has 1 saturated heterocycles. The molecule has 3 unspecified atom stereocenters. The van der Waals surface area contributed by atoms with Crippen molar-refractivity contribution in [2.24, 2.45) is 5.92 Å². The summed E-state index contributed by atoms with van der Waals surface area (Å²) in [5.41, 5.74) is -3.16. The van der Waals surface area contributed by atoms with Crippen LogP contribution in [0.25, 0.3) is 0 Å². The highest BCUT2D eigenvalue weighted by Gasteiger charge is 2.62. The van der Waals surface area contributed by atoms with Gasteiger partial charge in [-0.05, 0) is 77.0 Å². The number of Topliss-reactive ketones (excluding diaryl/α,β-unsaturated/α-hetero) is 2. The summed E-state index contributed by atoms with van der Waals surface area (Å²) in [7, 11) is 0. The van der Waals surface area contributed by atoms with Crippen LogP contribution in [0.4, 0.5) is 0 Å². The van der Waals surface area contributed by atoms with Gasteiger partial charge in [-0.15, -0.1) is 0 Å². The molecule has 0 aliphatic carbocycles. The van der Waals surface area contributed by atoms with Crippen LogP contribution >= 0.6 is 0 Å². The maximum absolute atomic E-state index is 14.2. The van der Waals surface area contributed by atoms with E-state index in [1.165, 1.54) is 0 Å². The van der Waals surface area contributed by atoms with Gasteiger partial charge in [-0.2, -0.15) is 0 Å². The van der Waals surface area contributed by atoms with Crippen LogP contribution in [-0.2, 0) is 14.3 Å². The molecule has 0 aromatic rings. The third-order valence-corrected chi connectivity index (χ3v) is 10.2. The van der Waals surface area contributed by atoms with Gasteiger partial charge >= 0.3 is 0 Å². The molecule has 320 valence electrons. The molecule has 0 bridgehead atoms. The topological polar surface area (TPSA) is 205 Å². The van der Waals surface area contributed by atoms with Crippen LogP contribution in [0.1, 0.15) is 136 Å². The Morgan fingerprint density at radius 2 is 1.11 bits per heavy atom. The standard InChI is InChI=1S/C45H74O11/c1-3-5-7-9-11-13-15-17-19-21-23-25-27-29-31-33-38(48)44(54,39(49)35-47)42(52)36(45(55)43(53)41(51)40(50)37(34-46)56-45)32-30-28-26-24-22-20-18-16-14-12-10-8-6-4-2/h5-8,11-14,17-20,36-37,39-41,43,46-47,49-51,53-55H,3-4,9-10,15-16,21-35H2,1-2H3/b7-5+,8-6+,13-11+,14-12+,19-17+,20-18+/t36?,37-,39?,40+,41+,43-,44?,45-/m1/s1. The molecule has 56 heavy (non-hydrogen) atoms. The number of carbonyl (C=O) groups is 2. The lowest BCUT2D eigenvalue weighted by atomic mass is 9.72. The molecule has 0 radical (unpaired) electrons. The van der Waals surface area contributed by atoms with E-state index in [4.69, 9.17) is 4.74 Å². The SMILES string of the molecule is CC/C=C/C/C=C/C/C=C/CCCCCCCC(=O)C(O)(C(=O)C(CCCCCC/C=C/C/C=C/C/C=C/CC)[C@@]1(O)O[C@H](CO)[C@H](O)[C@H](O)[C@H]1O)C(O)CO. The number of allylic oxidation sites excluding steroid dienone is 12. The molecule has 8 N–H and O–H groups in total. The van der Waals surface area contributed by atoms with Crippen LogP contribution in [0, 0.1) is 5.92 Å². The monoisotopic (exact) mass is 791 g/mol. The molecule has 1 rings (SSSR count). The molecule has 0 spiro atoms. The summed E-state index contributed by atoms with van der Waals surface area (Å²) in [6, 6.07) is 0. The Kier molecular flexibility index (Phi) is 28.0. The van der Waals surface area contributed by atoms with Crippen molar-refractivity contribution in [3.8, 4) is 0 Å². The van der Waals surface area contributed by atoms with E-state index in [9.17, 15) is 50.4 Å². The molecule has 1 fully saturated rings. The van der Waals surface area contributed by atoms with Crippen molar-refractivity contribution in [3.05, 3.63) is 72.9 Å². The van der Waals surface area contributed by atoms with Gasteiger partial charge in [0.1, 0.15) is 30.5 Å². The van der Waals surface area contributed by atoms with E-state index >= 15 is 0 Å². The van der Waals surface area contributed by atoms with Gasteiger partial charge in [-0.3, -0.25) is 9.59 Å².